The summed E-state index contributed by atoms with van der Waals surface area (Å²) in [5.74, 6) is -1.14. The molecule has 1 fully saturated rings. The lowest BCUT2D eigenvalue weighted by molar-refractivity contribution is -0.127. The fourth-order valence-electron chi connectivity index (χ4n) is 3.40. The second-order valence-corrected chi connectivity index (χ2v) is 8.39. The normalized spacial score (nSPS) is 17.5. The molecule has 1 aliphatic rings. The molecular weight excluding hydrogens is 401 g/mol. The molecule has 30 heavy (non-hydrogen) atoms. The molecule has 0 bridgehead atoms. The van der Waals surface area contributed by atoms with Gasteiger partial charge >= 0.3 is 0 Å². The lowest BCUT2D eigenvalue weighted by Gasteiger charge is -2.15. The van der Waals surface area contributed by atoms with Crippen LogP contribution in [0.4, 0.5) is 15.8 Å². The average molecular weight is 426 g/mol. The zero-order valence-corrected chi connectivity index (χ0v) is 18.1. The minimum absolute atomic E-state index is 0.0731. The van der Waals surface area contributed by atoms with E-state index in [0.717, 1.165) is 22.4 Å². The van der Waals surface area contributed by atoms with Crippen LogP contribution in [0.15, 0.2) is 54.0 Å². The molecule has 1 atom stereocenters. The number of benzene rings is 2. The molecule has 156 valence electrons. The van der Waals surface area contributed by atoms with Crippen molar-refractivity contribution in [2.45, 2.75) is 32.4 Å². The lowest BCUT2D eigenvalue weighted by Crippen LogP contribution is -2.33. The highest BCUT2D eigenvalue weighted by atomic mass is 32.2. The van der Waals surface area contributed by atoms with Gasteiger partial charge in [-0.1, -0.05) is 47.7 Å². The number of nitrogens with one attached hydrogen (secondary N) is 1. The fraction of sp³-hybridized carbons (Fsp3) is 0.261. The van der Waals surface area contributed by atoms with E-state index in [1.54, 1.807) is 18.2 Å². The molecule has 0 unspecified atom stereocenters. The Morgan fingerprint density at radius 1 is 1.27 bits per heavy atom. The van der Waals surface area contributed by atoms with Crippen molar-refractivity contribution in [2.75, 3.05) is 11.9 Å². The average Bonchev–Trinajstić information content (AvgIpc) is 2.95. The lowest BCUT2D eigenvalue weighted by atomic mass is 10.1. The number of halogens is 1. The number of nitrogens with zero attached hydrogens (tertiary/aromatic N) is 2. The van der Waals surface area contributed by atoms with Crippen LogP contribution in [0.1, 0.15) is 23.1 Å². The number of aryl methyl sites for hydroxylation is 3. The number of hydrogen-bond donors (Lipinski definition) is 1. The molecule has 1 heterocycles. The van der Waals surface area contributed by atoms with Crippen molar-refractivity contribution in [1.29, 1.82) is 0 Å². The molecule has 2 amide bonds. The summed E-state index contributed by atoms with van der Waals surface area (Å²) in [6.45, 7) is 10.0. The van der Waals surface area contributed by atoms with Crippen LogP contribution < -0.4 is 5.32 Å². The van der Waals surface area contributed by atoms with Crippen molar-refractivity contribution in [3.05, 3.63) is 71.6 Å². The van der Waals surface area contributed by atoms with Gasteiger partial charge in [0.05, 0.1) is 11.4 Å². The van der Waals surface area contributed by atoms with Crippen molar-refractivity contribution in [1.82, 2.24) is 4.90 Å². The molecule has 0 radical (unpaired) electrons. The zero-order chi connectivity index (χ0) is 21.8. The van der Waals surface area contributed by atoms with E-state index in [4.69, 9.17) is 4.99 Å². The van der Waals surface area contributed by atoms with Gasteiger partial charge in [0, 0.05) is 13.0 Å². The van der Waals surface area contributed by atoms with E-state index < -0.39 is 17.0 Å². The van der Waals surface area contributed by atoms with Crippen LogP contribution in [-0.2, 0) is 9.59 Å². The Labute approximate surface area is 180 Å². The Kier molecular flexibility index (Phi) is 6.72. The molecule has 0 spiro atoms. The predicted molar refractivity (Wildman–Crippen MR) is 121 cm³/mol. The van der Waals surface area contributed by atoms with Crippen molar-refractivity contribution in [3.8, 4) is 0 Å². The summed E-state index contributed by atoms with van der Waals surface area (Å²) in [5.41, 5.74) is 4.11. The first-order valence-corrected chi connectivity index (χ1v) is 10.5. The quantitative estimate of drug-likeness (QED) is 0.670. The van der Waals surface area contributed by atoms with Crippen LogP contribution in [0, 0.1) is 26.6 Å². The topological polar surface area (TPSA) is 61.8 Å². The maximum atomic E-state index is 13.8. The Balaban J connectivity index is 1.82. The number of thioether (sulfide) groups is 1. The van der Waals surface area contributed by atoms with E-state index >= 15 is 0 Å². The molecule has 5 nitrogen and oxygen atoms in total. The van der Waals surface area contributed by atoms with Gasteiger partial charge in [0.2, 0.25) is 11.8 Å². The molecule has 3 rings (SSSR count). The minimum Gasteiger partial charge on any atom is -0.324 e. The Bertz CT molecular complexity index is 1010. The van der Waals surface area contributed by atoms with E-state index in [9.17, 15) is 14.0 Å². The molecule has 0 aliphatic carbocycles. The van der Waals surface area contributed by atoms with Gasteiger partial charge in [-0.05, 0) is 44.0 Å². The number of carbonyl (C=O) groups excluding carboxylic acids is 2. The molecular formula is C23H24FN3O2S. The Morgan fingerprint density at radius 2 is 1.93 bits per heavy atom. The third kappa shape index (κ3) is 4.79. The fourth-order valence-corrected chi connectivity index (χ4v) is 4.55. The first-order valence-electron chi connectivity index (χ1n) is 9.60. The smallest absolute Gasteiger partial charge is 0.242 e. The van der Waals surface area contributed by atoms with Crippen molar-refractivity contribution < 1.29 is 14.0 Å². The van der Waals surface area contributed by atoms with Gasteiger partial charge < -0.3 is 5.32 Å². The maximum absolute atomic E-state index is 13.8. The first kappa shape index (κ1) is 21.8. The SMILES string of the molecule is C=CCN1C(=O)[C@H](CC(=O)Nc2ccccc2F)SC1=Nc1c(C)cc(C)cc1C. The number of para-hydroxylation sites is 1. The summed E-state index contributed by atoms with van der Waals surface area (Å²) in [5, 5.41) is 2.45. The minimum atomic E-state index is -0.624. The van der Waals surface area contributed by atoms with E-state index in [1.165, 1.54) is 28.8 Å². The number of amides is 2. The van der Waals surface area contributed by atoms with Crippen molar-refractivity contribution in [2.24, 2.45) is 4.99 Å². The molecule has 1 saturated heterocycles. The van der Waals surface area contributed by atoms with Crippen LogP contribution in [-0.4, -0.2) is 33.7 Å². The molecule has 7 heteroatoms. The summed E-state index contributed by atoms with van der Waals surface area (Å²) in [7, 11) is 0. The molecule has 0 aromatic heterocycles. The van der Waals surface area contributed by atoms with Gasteiger partial charge in [0.25, 0.3) is 0 Å². The second-order valence-electron chi connectivity index (χ2n) is 7.22. The number of hydrogen-bond acceptors (Lipinski definition) is 4. The highest BCUT2D eigenvalue weighted by Gasteiger charge is 2.38. The third-order valence-electron chi connectivity index (χ3n) is 4.69. The summed E-state index contributed by atoms with van der Waals surface area (Å²) in [6.07, 6.45) is 1.56. The second kappa shape index (κ2) is 9.26. The van der Waals surface area contributed by atoms with Gasteiger partial charge in [-0.2, -0.15) is 0 Å². The largest absolute Gasteiger partial charge is 0.324 e. The van der Waals surface area contributed by atoms with Gasteiger partial charge in [-0.15, -0.1) is 6.58 Å². The van der Waals surface area contributed by atoms with E-state index in [0.29, 0.717) is 11.7 Å². The highest BCUT2D eigenvalue weighted by molar-refractivity contribution is 8.15. The predicted octanol–water partition coefficient (Wildman–Crippen LogP) is 4.90. The molecule has 2 aromatic rings. The van der Waals surface area contributed by atoms with Gasteiger partial charge in [0.1, 0.15) is 11.1 Å². The van der Waals surface area contributed by atoms with Crippen molar-refractivity contribution >= 4 is 40.1 Å². The highest BCUT2D eigenvalue weighted by Crippen LogP contribution is 2.34. The monoisotopic (exact) mass is 425 g/mol. The summed E-state index contributed by atoms with van der Waals surface area (Å²) in [4.78, 5) is 31.6. The number of anilines is 1. The molecule has 2 aromatic carbocycles. The number of carbonyl (C=O) groups is 2. The van der Waals surface area contributed by atoms with Crippen LogP contribution in [0.5, 0.6) is 0 Å². The molecule has 1 aliphatic heterocycles. The van der Waals surface area contributed by atoms with Crippen LogP contribution >= 0.6 is 11.8 Å². The molecule has 1 N–H and O–H groups in total. The van der Waals surface area contributed by atoms with E-state index in [1.807, 2.05) is 32.9 Å². The number of amidine groups is 1. The van der Waals surface area contributed by atoms with Crippen LogP contribution in [0.25, 0.3) is 0 Å². The standard InChI is InChI=1S/C23H24FN3O2S/c1-5-10-27-22(29)19(13-20(28)25-18-9-7-6-8-17(18)24)30-23(27)26-21-15(3)11-14(2)12-16(21)4/h5-9,11-12,19H,1,10,13H2,2-4H3,(H,25,28)/t19-/m0/s1. The third-order valence-corrected chi connectivity index (χ3v) is 5.87. The Morgan fingerprint density at radius 3 is 2.57 bits per heavy atom. The van der Waals surface area contributed by atoms with E-state index in [2.05, 4.69) is 11.9 Å². The summed E-state index contributed by atoms with van der Waals surface area (Å²) < 4.78 is 13.8. The zero-order valence-electron chi connectivity index (χ0n) is 17.2. The van der Waals surface area contributed by atoms with Gasteiger partial charge in [0.15, 0.2) is 5.17 Å². The maximum Gasteiger partial charge on any atom is 0.242 e. The summed E-state index contributed by atoms with van der Waals surface area (Å²) >= 11 is 1.25. The van der Waals surface area contributed by atoms with Gasteiger partial charge in [-0.3, -0.25) is 14.5 Å². The van der Waals surface area contributed by atoms with Crippen LogP contribution in [0.3, 0.4) is 0 Å². The molecule has 0 saturated carbocycles. The van der Waals surface area contributed by atoms with E-state index in [-0.39, 0.29) is 18.0 Å². The van der Waals surface area contributed by atoms with Crippen LogP contribution in [0.2, 0.25) is 0 Å². The Hall–Kier alpha value is -2.93. The summed E-state index contributed by atoms with van der Waals surface area (Å²) in [6, 6.07) is 10.0. The van der Waals surface area contributed by atoms with Crippen molar-refractivity contribution in [3.63, 3.8) is 0 Å². The number of rotatable bonds is 6. The first-order chi connectivity index (χ1) is 14.3. The number of aliphatic imine (C=N–C) groups is 1. The van der Waals surface area contributed by atoms with Gasteiger partial charge in [-0.25, -0.2) is 9.38 Å².